The van der Waals surface area contributed by atoms with Crippen LogP contribution in [-0.4, -0.2) is 14.2 Å². The van der Waals surface area contributed by atoms with E-state index in [-0.39, 0.29) is 5.76 Å². The van der Waals surface area contributed by atoms with E-state index in [1.54, 1.807) is 32.4 Å². The van der Waals surface area contributed by atoms with Gasteiger partial charge in [-0.3, -0.25) is 0 Å². The van der Waals surface area contributed by atoms with Crippen molar-refractivity contribution < 1.29 is 13.9 Å². The highest BCUT2D eigenvalue weighted by Gasteiger charge is 2.12. The molecule has 0 fully saturated rings. The smallest absolute Gasteiger partial charge is 0.205 e. The van der Waals surface area contributed by atoms with Crippen LogP contribution in [0, 0.1) is 11.3 Å². The number of hydrogen-bond donors (Lipinski definition) is 0. The number of methoxy groups -OCH3 is 2. The highest BCUT2D eigenvalue weighted by Crippen LogP contribution is 2.35. The lowest BCUT2D eigenvalue weighted by Crippen LogP contribution is -1.86. The van der Waals surface area contributed by atoms with E-state index in [0.29, 0.717) is 17.1 Å². The quantitative estimate of drug-likeness (QED) is 0.751. The first-order valence-corrected chi connectivity index (χ1v) is 4.34. The highest BCUT2D eigenvalue weighted by atomic mass is 16.5. The van der Waals surface area contributed by atoms with E-state index in [1.807, 2.05) is 6.07 Å². The lowest BCUT2D eigenvalue weighted by atomic mass is 10.2. The van der Waals surface area contributed by atoms with Crippen LogP contribution in [0.4, 0.5) is 0 Å². The Balaban J connectivity index is 2.78. The largest absolute Gasteiger partial charge is 0.496 e. The van der Waals surface area contributed by atoms with Crippen molar-refractivity contribution in [1.82, 2.24) is 0 Å². The summed E-state index contributed by atoms with van der Waals surface area (Å²) in [4.78, 5) is 0. The van der Waals surface area contributed by atoms with Crippen LogP contribution in [0.5, 0.6) is 11.5 Å². The molecule has 4 nitrogen and oxygen atoms in total. The van der Waals surface area contributed by atoms with Crippen molar-refractivity contribution in [3.63, 3.8) is 0 Å². The average Bonchev–Trinajstić information content (AvgIpc) is 2.71. The molecule has 0 saturated carbocycles. The van der Waals surface area contributed by atoms with Gasteiger partial charge in [-0.05, 0) is 12.1 Å². The molecule has 1 heterocycles. The zero-order valence-corrected chi connectivity index (χ0v) is 8.40. The van der Waals surface area contributed by atoms with E-state index in [4.69, 9.17) is 19.2 Å². The Bertz CT molecular complexity index is 495. The maximum absolute atomic E-state index is 8.74. The van der Waals surface area contributed by atoms with E-state index in [9.17, 15) is 0 Å². The first-order chi connectivity index (χ1) is 7.30. The van der Waals surface area contributed by atoms with Gasteiger partial charge in [0.25, 0.3) is 0 Å². The number of rotatable bonds is 2. The van der Waals surface area contributed by atoms with E-state index in [0.717, 1.165) is 5.39 Å². The minimum absolute atomic E-state index is 0.243. The number of ether oxygens (including phenoxy) is 2. The number of benzene rings is 1. The Labute approximate surface area is 86.6 Å². The summed E-state index contributed by atoms with van der Waals surface area (Å²) in [5.41, 5.74) is 0.536. The summed E-state index contributed by atoms with van der Waals surface area (Å²) >= 11 is 0. The molecule has 0 saturated heterocycles. The van der Waals surface area contributed by atoms with E-state index in [2.05, 4.69) is 0 Å². The zero-order chi connectivity index (χ0) is 10.8. The fraction of sp³-hybridized carbons (Fsp3) is 0.182. The molecule has 0 aliphatic heterocycles. The molecule has 0 aliphatic rings. The molecule has 0 N–H and O–H groups in total. The van der Waals surface area contributed by atoms with Gasteiger partial charge in [0.05, 0.1) is 19.6 Å². The normalized spacial score (nSPS) is 9.93. The third kappa shape index (κ3) is 1.38. The van der Waals surface area contributed by atoms with Gasteiger partial charge in [-0.25, -0.2) is 0 Å². The predicted octanol–water partition coefficient (Wildman–Crippen LogP) is 2.32. The summed E-state index contributed by atoms with van der Waals surface area (Å²) in [5, 5.41) is 9.48. The summed E-state index contributed by atoms with van der Waals surface area (Å²) in [6.45, 7) is 0. The Morgan fingerprint density at radius 3 is 2.47 bits per heavy atom. The summed E-state index contributed by atoms with van der Waals surface area (Å²) in [6, 6.07) is 7.09. The summed E-state index contributed by atoms with van der Waals surface area (Å²) in [5.74, 6) is 1.50. The molecule has 0 unspecified atom stereocenters. The molecule has 2 rings (SSSR count). The molecule has 0 aliphatic carbocycles. The van der Waals surface area contributed by atoms with Crippen molar-refractivity contribution in [1.29, 1.82) is 5.26 Å². The van der Waals surface area contributed by atoms with Gasteiger partial charge >= 0.3 is 0 Å². The fourth-order valence-corrected chi connectivity index (χ4v) is 1.47. The summed E-state index contributed by atoms with van der Waals surface area (Å²) in [7, 11) is 3.12. The summed E-state index contributed by atoms with van der Waals surface area (Å²) < 4.78 is 15.6. The zero-order valence-electron chi connectivity index (χ0n) is 8.40. The van der Waals surface area contributed by atoms with E-state index in [1.165, 1.54) is 0 Å². The van der Waals surface area contributed by atoms with Crippen LogP contribution >= 0.6 is 0 Å². The molecule has 0 bridgehead atoms. The molecule has 76 valence electrons. The first-order valence-electron chi connectivity index (χ1n) is 4.34. The van der Waals surface area contributed by atoms with Crippen molar-refractivity contribution >= 4 is 11.0 Å². The van der Waals surface area contributed by atoms with Gasteiger partial charge in [-0.2, -0.15) is 5.26 Å². The van der Waals surface area contributed by atoms with Crippen molar-refractivity contribution in [2.24, 2.45) is 0 Å². The van der Waals surface area contributed by atoms with Crippen LogP contribution in [-0.2, 0) is 0 Å². The molecule has 0 radical (unpaired) electrons. The molecule has 0 amide bonds. The Morgan fingerprint density at radius 2 is 1.87 bits per heavy atom. The second kappa shape index (κ2) is 3.54. The van der Waals surface area contributed by atoms with E-state index >= 15 is 0 Å². The van der Waals surface area contributed by atoms with Crippen LogP contribution in [0.1, 0.15) is 5.76 Å². The summed E-state index contributed by atoms with van der Waals surface area (Å²) in [6.07, 6.45) is 0. The average molecular weight is 203 g/mol. The van der Waals surface area contributed by atoms with Crippen molar-refractivity contribution in [3.8, 4) is 17.6 Å². The highest BCUT2D eigenvalue weighted by molar-refractivity contribution is 5.90. The van der Waals surface area contributed by atoms with E-state index < -0.39 is 0 Å². The van der Waals surface area contributed by atoms with Crippen LogP contribution in [0.15, 0.2) is 22.6 Å². The standard InChI is InChI=1S/C11H9NO3/c1-13-9-3-4-10(14-2)11-8(9)5-7(6-12)15-11/h3-5H,1-2H3. The Hall–Kier alpha value is -2.15. The molecule has 15 heavy (non-hydrogen) atoms. The minimum atomic E-state index is 0.243. The van der Waals surface area contributed by atoms with Crippen molar-refractivity contribution in [2.75, 3.05) is 14.2 Å². The van der Waals surface area contributed by atoms with Crippen molar-refractivity contribution in [3.05, 3.63) is 24.0 Å². The first kappa shape index (κ1) is 9.41. The number of furan rings is 1. The molecule has 1 aromatic carbocycles. The molecule has 0 atom stereocenters. The van der Waals surface area contributed by atoms with Gasteiger partial charge in [0.1, 0.15) is 11.8 Å². The molecular formula is C11H9NO3. The fourth-order valence-electron chi connectivity index (χ4n) is 1.47. The molecule has 1 aromatic heterocycles. The van der Waals surface area contributed by atoms with Gasteiger partial charge in [-0.1, -0.05) is 0 Å². The number of nitriles is 1. The molecule has 2 aromatic rings. The Kier molecular flexibility index (Phi) is 2.22. The third-order valence-electron chi connectivity index (χ3n) is 2.16. The Morgan fingerprint density at radius 1 is 1.20 bits per heavy atom. The molecular weight excluding hydrogens is 194 g/mol. The molecule has 4 heteroatoms. The third-order valence-corrected chi connectivity index (χ3v) is 2.16. The number of hydrogen-bond acceptors (Lipinski definition) is 4. The SMILES string of the molecule is COc1ccc(OC)c2oc(C#N)cc12. The number of fused-ring (bicyclic) bond motifs is 1. The van der Waals surface area contributed by atoms with Gasteiger partial charge in [0.2, 0.25) is 5.76 Å². The number of nitrogens with zero attached hydrogens (tertiary/aromatic N) is 1. The van der Waals surface area contributed by atoms with Crippen molar-refractivity contribution in [2.45, 2.75) is 0 Å². The van der Waals surface area contributed by atoms with Gasteiger partial charge < -0.3 is 13.9 Å². The maximum atomic E-state index is 8.74. The monoisotopic (exact) mass is 203 g/mol. The minimum Gasteiger partial charge on any atom is -0.496 e. The molecule has 0 spiro atoms. The van der Waals surface area contributed by atoms with Crippen LogP contribution in [0.3, 0.4) is 0 Å². The lowest BCUT2D eigenvalue weighted by Gasteiger charge is -2.03. The topological polar surface area (TPSA) is 55.4 Å². The lowest BCUT2D eigenvalue weighted by molar-refractivity contribution is 0.403. The second-order valence-corrected chi connectivity index (χ2v) is 2.94. The van der Waals surface area contributed by atoms with Gasteiger partial charge in [0, 0.05) is 6.07 Å². The second-order valence-electron chi connectivity index (χ2n) is 2.94. The van der Waals surface area contributed by atoms with Crippen LogP contribution in [0.25, 0.3) is 11.0 Å². The predicted molar refractivity (Wildman–Crippen MR) is 54.0 cm³/mol. The van der Waals surface area contributed by atoms with Gasteiger partial charge in [0.15, 0.2) is 11.3 Å². The van der Waals surface area contributed by atoms with Crippen LogP contribution < -0.4 is 9.47 Å². The van der Waals surface area contributed by atoms with Crippen LogP contribution in [0.2, 0.25) is 0 Å². The maximum Gasteiger partial charge on any atom is 0.205 e. The van der Waals surface area contributed by atoms with Gasteiger partial charge in [-0.15, -0.1) is 0 Å².